The summed E-state index contributed by atoms with van der Waals surface area (Å²) in [5.41, 5.74) is 1.48. The molecule has 3 saturated heterocycles. The molecule has 4 fully saturated rings. The lowest BCUT2D eigenvalue weighted by Crippen LogP contribution is -2.58. The molecule has 6 nitrogen and oxygen atoms in total. The lowest BCUT2D eigenvalue weighted by Gasteiger charge is -2.40. The molecule has 1 aliphatic carbocycles. The molecule has 1 aromatic carbocycles. The molecule has 1 saturated carbocycles. The van der Waals surface area contributed by atoms with E-state index in [-0.39, 0.29) is 11.5 Å². The predicted octanol–water partition coefficient (Wildman–Crippen LogP) is 1.96. The molecule has 31 heavy (non-hydrogen) atoms. The molecule has 2 N–H and O–H groups in total. The van der Waals surface area contributed by atoms with Crippen molar-refractivity contribution in [2.45, 2.75) is 75.2 Å². The van der Waals surface area contributed by atoms with Crippen LogP contribution in [0.3, 0.4) is 0 Å². The van der Waals surface area contributed by atoms with E-state index < -0.39 is 0 Å². The second kappa shape index (κ2) is 8.81. The molecule has 3 heterocycles. The number of piperazine rings is 1. The number of nitrogens with one attached hydrogen (secondary N) is 2. The highest BCUT2D eigenvalue weighted by Crippen LogP contribution is 2.43. The Morgan fingerprint density at radius 2 is 1.87 bits per heavy atom. The van der Waals surface area contributed by atoms with Crippen molar-refractivity contribution < 1.29 is 9.53 Å². The quantitative estimate of drug-likeness (QED) is 0.754. The number of benzene rings is 1. The number of rotatable bonds is 5. The normalized spacial score (nSPS) is 35.4. The first-order valence-electron chi connectivity index (χ1n) is 12.2. The molecule has 5 unspecified atom stereocenters. The van der Waals surface area contributed by atoms with Gasteiger partial charge in [-0.1, -0.05) is 30.3 Å². The number of piperidine rings is 1. The molecule has 1 aromatic rings. The van der Waals surface area contributed by atoms with Crippen LogP contribution >= 0.6 is 0 Å². The Morgan fingerprint density at radius 1 is 1.16 bits per heavy atom. The van der Waals surface area contributed by atoms with Crippen molar-refractivity contribution >= 4 is 5.91 Å². The molecule has 0 radical (unpaired) electrons. The maximum atomic E-state index is 12.8. The second-order valence-electron chi connectivity index (χ2n) is 10.5. The lowest BCUT2D eigenvalue weighted by atomic mass is 9.87. The SMILES string of the molecule is CC1CN(C(=O)CN2CCC3(CC2)CC(NC2CC2c2ccccc2)CO3)CC(C)N1. The van der Waals surface area contributed by atoms with E-state index >= 15 is 0 Å². The van der Waals surface area contributed by atoms with Crippen LogP contribution < -0.4 is 10.6 Å². The van der Waals surface area contributed by atoms with Gasteiger partial charge < -0.3 is 20.3 Å². The van der Waals surface area contributed by atoms with Gasteiger partial charge in [-0.05, 0) is 45.1 Å². The molecule has 1 spiro atoms. The number of likely N-dealkylation sites (tertiary alicyclic amines) is 1. The minimum absolute atomic E-state index is 0.0203. The standard InChI is InChI=1S/C25H38N4O2/c1-18-14-29(15-19(2)26-18)24(30)16-28-10-8-25(9-11-28)13-21(17-31-25)27-23-12-22(23)20-6-4-3-5-7-20/h3-7,18-19,21-23,26-27H,8-17H2,1-2H3. The van der Waals surface area contributed by atoms with Gasteiger partial charge in [0.2, 0.25) is 5.91 Å². The maximum Gasteiger partial charge on any atom is 0.236 e. The van der Waals surface area contributed by atoms with Crippen molar-refractivity contribution in [1.29, 1.82) is 0 Å². The summed E-state index contributed by atoms with van der Waals surface area (Å²) < 4.78 is 6.37. The Balaban J connectivity index is 1.06. The Kier molecular flexibility index (Phi) is 6.08. The van der Waals surface area contributed by atoms with Crippen LogP contribution in [0.5, 0.6) is 0 Å². The van der Waals surface area contributed by atoms with E-state index in [1.807, 2.05) is 4.90 Å². The second-order valence-corrected chi connectivity index (χ2v) is 10.5. The summed E-state index contributed by atoms with van der Waals surface area (Å²) in [5, 5.41) is 7.37. The fraction of sp³-hybridized carbons (Fsp3) is 0.720. The van der Waals surface area contributed by atoms with E-state index in [4.69, 9.17) is 4.74 Å². The smallest absolute Gasteiger partial charge is 0.236 e. The minimum atomic E-state index is 0.0203. The van der Waals surface area contributed by atoms with Crippen LogP contribution in [0.4, 0.5) is 0 Å². The van der Waals surface area contributed by atoms with Crippen LogP contribution in [0.25, 0.3) is 0 Å². The molecule has 170 valence electrons. The van der Waals surface area contributed by atoms with Crippen molar-refractivity contribution in [3.63, 3.8) is 0 Å². The van der Waals surface area contributed by atoms with Crippen LogP contribution in [-0.4, -0.2) is 84.8 Å². The molecule has 3 aliphatic heterocycles. The van der Waals surface area contributed by atoms with E-state index in [1.54, 1.807) is 0 Å². The van der Waals surface area contributed by atoms with Gasteiger partial charge in [-0.15, -0.1) is 0 Å². The van der Waals surface area contributed by atoms with E-state index in [1.165, 1.54) is 12.0 Å². The molecule has 0 bridgehead atoms. The molecule has 4 aliphatic rings. The summed E-state index contributed by atoms with van der Waals surface area (Å²) in [4.78, 5) is 17.2. The largest absolute Gasteiger partial charge is 0.373 e. The Bertz CT molecular complexity index is 754. The molecule has 6 heteroatoms. The molecule has 1 amide bonds. The zero-order valence-corrected chi connectivity index (χ0v) is 19.1. The monoisotopic (exact) mass is 426 g/mol. The van der Waals surface area contributed by atoms with Crippen molar-refractivity contribution in [3.05, 3.63) is 35.9 Å². The number of hydrogen-bond donors (Lipinski definition) is 2. The highest BCUT2D eigenvalue weighted by molar-refractivity contribution is 5.78. The third-order valence-corrected chi connectivity index (χ3v) is 7.71. The zero-order chi connectivity index (χ0) is 21.4. The van der Waals surface area contributed by atoms with Crippen molar-refractivity contribution in [2.75, 3.05) is 39.3 Å². The van der Waals surface area contributed by atoms with E-state index in [0.29, 0.717) is 36.6 Å². The summed E-state index contributed by atoms with van der Waals surface area (Å²) in [7, 11) is 0. The van der Waals surface area contributed by atoms with Crippen molar-refractivity contribution in [2.24, 2.45) is 0 Å². The maximum absolute atomic E-state index is 12.8. The first kappa shape index (κ1) is 21.4. The third kappa shape index (κ3) is 4.98. The first-order valence-corrected chi connectivity index (χ1v) is 12.2. The number of carbonyl (C=O) groups is 1. The average Bonchev–Trinajstić information content (AvgIpc) is 3.42. The lowest BCUT2D eigenvalue weighted by molar-refractivity contribution is -0.135. The highest BCUT2D eigenvalue weighted by atomic mass is 16.5. The Hall–Kier alpha value is -1.47. The zero-order valence-electron chi connectivity index (χ0n) is 19.1. The number of nitrogens with zero attached hydrogens (tertiary/aromatic N) is 2. The minimum Gasteiger partial charge on any atom is -0.373 e. The van der Waals surface area contributed by atoms with Crippen LogP contribution in [-0.2, 0) is 9.53 Å². The van der Waals surface area contributed by atoms with Gasteiger partial charge in [0.1, 0.15) is 0 Å². The Labute approximate surface area is 186 Å². The van der Waals surface area contributed by atoms with Gasteiger partial charge in [0.05, 0.1) is 18.8 Å². The Morgan fingerprint density at radius 3 is 2.58 bits per heavy atom. The third-order valence-electron chi connectivity index (χ3n) is 7.71. The van der Waals surface area contributed by atoms with E-state index in [9.17, 15) is 4.79 Å². The van der Waals surface area contributed by atoms with Crippen LogP contribution in [0.1, 0.15) is 51.0 Å². The molecular weight excluding hydrogens is 388 g/mol. The number of ether oxygens (including phenoxy) is 1. The summed E-state index contributed by atoms with van der Waals surface area (Å²) in [6.45, 7) is 9.27. The fourth-order valence-corrected chi connectivity index (χ4v) is 5.99. The van der Waals surface area contributed by atoms with Crippen LogP contribution in [0.2, 0.25) is 0 Å². The van der Waals surface area contributed by atoms with Gasteiger partial charge in [0.25, 0.3) is 0 Å². The summed E-state index contributed by atoms with van der Waals surface area (Å²) in [6, 6.07) is 12.7. The summed E-state index contributed by atoms with van der Waals surface area (Å²) in [5.74, 6) is 0.949. The molecule has 5 atom stereocenters. The molecule has 0 aromatic heterocycles. The predicted molar refractivity (Wildman–Crippen MR) is 122 cm³/mol. The van der Waals surface area contributed by atoms with Gasteiger partial charge >= 0.3 is 0 Å². The van der Waals surface area contributed by atoms with Crippen molar-refractivity contribution in [3.8, 4) is 0 Å². The number of amides is 1. The topological polar surface area (TPSA) is 56.8 Å². The molecule has 5 rings (SSSR count). The van der Waals surface area contributed by atoms with Crippen LogP contribution in [0, 0.1) is 0 Å². The number of hydrogen-bond acceptors (Lipinski definition) is 5. The van der Waals surface area contributed by atoms with Gasteiger partial charge in [-0.3, -0.25) is 9.69 Å². The summed E-state index contributed by atoms with van der Waals surface area (Å²) in [6.07, 6.45) is 4.44. The first-order chi connectivity index (χ1) is 15.0. The van der Waals surface area contributed by atoms with Gasteiger partial charge in [-0.2, -0.15) is 0 Å². The van der Waals surface area contributed by atoms with Gasteiger partial charge in [-0.25, -0.2) is 0 Å². The fourth-order valence-electron chi connectivity index (χ4n) is 5.99. The van der Waals surface area contributed by atoms with E-state index in [0.717, 1.165) is 52.0 Å². The highest BCUT2D eigenvalue weighted by Gasteiger charge is 2.46. The van der Waals surface area contributed by atoms with Crippen molar-refractivity contribution in [1.82, 2.24) is 20.4 Å². The average molecular weight is 427 g/mol. The van der Waals surface area contributed by atoms with E-state index in [2.05, 4.69) is 59.7 Å². The van der Waals surface area contributed by atoms with Gasteiger partial charge in [0.15, 0.2) is 0 Å². The van der Waals surface area contributed by atoms with Crippen LogP contribution in [0.15, 0.2) is 30.3 Å². The van der Waals surface area contributed by atoms with Gasteiger partial charge in [0, 0.05) is 56.3 Å². The molecular formula is C25H38N4O2. The summed E-state index contributed by atoms with van der Waals surface area (Å²) >= 11 is 0. The number of carbonyl (C=O) groups excluding carboxylic acids is 1.